The lowest BCUT2D eigenvalue weighted by molar-refractivity contribution is -0.167. The molecule has 0 aromatic heterocycles. The van der Waals surface area contributed by atoms with Crippen LogP contribution in [0.5, 0.6) is 0 Å². The lowest BCUT2D eigenvalue weighted by Crippen LogP contribution is -2.30. The second-order valence-corrected chi connectivity index (χ2v) is 23.4. The smallest absolute Gasteiger partial charge is 0.306 e. The van der Waals surface area contributed by atoms with Crippen molar-refractivity contribution in [3.8, 4) is 0 Å². The molecule has 0 aliphatic rings. The number of hydrogen-bond donors (Lipinski definition) is 0. The Morgan fingerprint density at radius 1 is 0.256 bits per heavy atom. The minimum atomic E-state index is -0.782. The Morgan fingerprint density at radius 2 is 0.476 bits per heavy atom. The Bertz CT molecular complexity index is 1590. The van der Waals surface area contributed by atoms with E-state index in [-0.39, 0.29) is 31.1 Å². The maximum absolute atomic E-state index is 12.9. The van der Waals surface area contributed by atoms with Gasteiger partial charge in [-0.15, -0.1) is 0 Å². The fourth-order valence-corrected chi connectivity index (χ4v) is 10.0. The summed E-state index contributed by atoms with van der Waals surface area (Å²) in [6.07, 6.45) is 94.4. The number of ether oxygens (including phenoxy) is 3. The summed E-state index contributed by atoms with van der Waals surface area (Å²) in [6, 6.07) is 0. The normalized spacial score (nSPS) is 12.7. The maximum Gasteiger partial charge on any atom is 0.306 e. The van der Waals surface area contributed by atoms with E-state index < -0.39 is 6.10 Å². The molecule has 0 aromatic rings. The van der Waals surface area contributed by atoms with Crippen LogP contribution in [-0.2, 0) is 28.6 Å². The summed E-state index contributed by atoms with van der Waals surface area (Å²) in [5, 5.41) is 0. The number of hydrogen-bond acceptors (Lipinski definition) is 6. The van der Waals surface area contributed by atoms with Crippen molar-refractivity contribution in [2.24, 2.45) is 0 Å². The molecule has 1 unspecified atom stereocenters. The van der Waals surface area contributed by atoms with Gasteiger partial charge in [0.05, 0.1) is 0 Å². The van der Waals surface area contributed by atoms with Gasteiger partial charge in [0.1, 0.15) is 13.2 Å². The van der Waals surface area contributed by atoms with Gasteiger partial charge in [0, 0.05) is 19.3 Å². The summed E-state index contributed by atoms with van der Waals surface area (Å²) in [5.74, 6) is -0.874. The van der Waals surface area contributed by atoms with E-state index in [2.05, 4.69) is 118 Å². The lowest BCUT2D eigenvalue weighted by atomic mass is 10.0. The van der Waals surface area contributed by atoms with Crippen molar-refractivity contribution < 1.29 is 28.6 Å². The Morgan fingerprint density at radius 3 is 0.780 bits per heavy atom. The largest absolute Gasteiger partial charge is 0.462 e. The maximum atomic E-state index is 12.9. The van der Waals surface area contributed by atoms with Gasteiger partial charge in [-0.1, -0.05) is 304 Å². The van der Waals surface area contributed by atoms with Crippen LogP contribution in [0, 0.1) is 0 Å². The van der Waals surface area contributed by atoms with E-state index in [0.717, 1.165) is 103 Å². The zero-order chi connectivity index (χ0) is 59.2. The minimum absolute atomic E-state index is 0.0779. The van der Waals surface area contributed by atoms with Gasteiger partial charge >= 0.3 is 17.9 Å². The predicted molar refractivity (Wildman–Crippen MR) is 357 cm³/mol. The molecule has 6 heteroatoms. The third-order valence-electron chi connectivity index (χ3n) is 15.3. The minimum Gasteiger partial charge on any atom is -0.462 e. The molecule has 0 N–H and O–H groups in total. The van der Waals surface area contributed by atoms with Crippen LogP contribution in [0.4, 0.5) is 0 Å². The predicted octanol–water partition coefficient (Wildman–Crippen LogP) is 24.4. The van der Waals surface area contributed by atoms with Crippen LogP contribution in [-0.4, -0.2) is 37.2 Å². The Kier molecular flexibility index (Phi) is 66.7. The first-order valence-corrected chi connectivity index (χ1v) is 35.2. The molecule has 0 amide bonds. The molecule has 0 aromatic carbocycles. The highest BCUT2D eigenvalue weighted by Gasteiger charge is 2.19. The van der Waals surface area contributed by atoms with Gasteiger partial charge in [-0.05, 0) is 122 Å². The third-order valence-corrected chi connectivity index (χ3v) is 15.3. The van der Waals surface area contributed by atoms with E-state index in [0.29, 0.717) is 19.3 Å². The monoisotopic (exact) mass is 1140 g/mol. The summed E-state index contributed by atoms with van der Waals surface area (Å²) in [7, 11) is 0. The number of rotatable bonds is 64. The number of esters is 3. The van der Waals surface area contributed by atoms with Gasteiger partial charge in [0.15, 0.2) is 6.10 Å². The van der Waals surface area contributed by atoms with E-state index >= 15 is 0 Å². The number of carbonyl (C=O) groups is 3. The van der Waals surface area contributed by atoms with Crippen molar-refractivity contribution in [3.63, 3.8) is 0 Å². The molecule has 472 valence electrons. The highest BCUT2D eigenvalue weighted by Crippen LogP contribution is 2.17. The van der Waals surface area contributed by atoms with E-state index in [1.807, 2.05) is 0 Å². The number of allylic oxidation sites excluding steroid dienone is 16. The van der Waals surface area contributed by atoms with Gasteiger partial charge in [-0.2, -0.15) is 0 Å². The topological polar surface area (TPSA) is 78.9 Å². The van der Waals surface area contributed by atoms with Crippen LogP contribution in [0.2, 0.25) is 0 Å². The average molecular weight is 1140 g/mol. The molecule has 0 saturated heterocycles. The molecule has 0 aliphatic carbocycles. The SMILES string of the molecule is CC/C=C\C/C=C\C/C=C\C/C=C\C/C=C\C/C=C\CCCCCCCCCCCCCCCCC(=O)OCC(COC(=O)CCCCCCC/C=C\CCCCC)OC(=O)CCCCCCCCCCC/C=C\CCCCCCCC. The summed E-state index contributed by atoms with van der Waals surface area (Å²) >= 11 is 0. The first-order chi connectivity index (χ1) is 40.5. The van der Waals surface area contributed by atoms with Crippen LogP contribution >= 0.6 is 0 Å². The molecule has 0 saturated carbocycles. The molecule has 0 rings (SSSR count). The van der Waals surface area contributed by atoms with Crippen LogP contribution in [0.15, 0.2) is 97.2 Å². The molecule has 6 nitrogen and oxygen atoms in total. The van der Waals surface area contributed by atoms with Gasteiger partial charge in [-0.3, -0.25) is 14.4 Å². The quantitative estimate of drug-likeness (QED) is 0.0261. The Balaban J connectivity index is 4.19. The first kappa shape index (κ1) is 78.3. The van der Waals surface area contributed by atoms with Crippen LogP contribution in [0.25, 0.3) is 0 Å². The number of unbranched alkanes of at least 4 members (excludes halogenated alkanes) is 37. The van der Waals surface area contributed by atoms with Gasteiger partial charge in [0.2, 0.25) is 0 Å². The van der Waals surface area contributed by atoms with E-state index in [9.17, 15) is 14.4 Å². The summed E-state index contributed by atoms with van der Waals surface area (Å²) in [6.45, 7) is 6.53. The molecule has 1 atom stereocenters. The fourth-order valence-electron chi connectivity index (χ4n) is 10.0. The molecule has 82 heavy (non-hydrogen) atoms. The molecular formula is C76H132O6. The van der Waals surface area contributed by atoms with Crippen molar-refractivity contribution in [2.75, 3.05) is 13.2 Å². The zero-order valence-corrected chi connectivity index (χ0v) is 54.2. The van der Waals surface area contributed by atoms with Crippen LogP contribution in [0.1, 0.15) is 348 Å². The van der Waals surface area contributed by atoms with E-state index in [1.165, 1.54) is 205 Å². The van der Waals surface area contributed by atoms with E-state index in [1.54, 1.807) is 0 Å². The average Bonchev–Trinajstić information content (AvgIpc) is 3.47. The molecule has 0 heterocycles. The Hall–Kier alpha value is -3.67. The van der Waals surface area contributed by atoms with Gasteiger partial charge in [-0.25, -0.2) is 0 Å². The highest BCUT2D eigenvalue weighted by atomic mass is 16.6. The van der Waals surface area contributed by atoms with Crippen molar-refractivity contribution in [1.29, 1.82) is 0 Å². The fraction of sp³-hybridized carbons (Fsp3) is 0.750. The molecule has 0 aliphatic heterocycles. The highest BCUT2D eigenvalue weighted by molar-refractivity contribution is 5.71. The Labute approximate surface area is 508 Å². The molecule has 0 bridgehead atoms. The molecule has 0 fully saturated rings. The number of carbonyl (C=O) groups excluding carboxylic acids is 3. The van der Waals surface area contributed by atoms with Crippen molar-refractivity contribution in [3.05, 3.63) is 97.2 Å². The first-order valence-electron chi connectivity index (χ1n) is 35.2. The molecular weight excluding hydrogens is 1010 g/mol. The van der Waals surface area contributed by atoms with Crippen LogP contribution < -0.4 is 0 Å². The van der Waals surface area contributed by atoms with Gasteiger partial charge < -0.3 is 14.2 Å². The van der Waals surface area contributed by atoms with Crippen molar-refractivity contribution in [1.82, 2.24) is 0 Å². The summed E-state index contributed by atoms with van der Waals surface area (Å²) < 4.78 is 17.0. The van der Waals surface area contributed by atoms with E-state index in [4.69, 9.17) is 14.2 Å². The molecule has 0 spiro atoms. The van der Waals surface area contributed by atoms with Crippen molar-refractivity contribution in [2.45, 2.75) is 354 Å². The second kappa shape index (κ2) is 69.8. The zero-order valence-electron chi connectivity index (χ0n) is 54.2. The standard InChI is InChI=1S/C76H132O6/c1-4-7-10-13-16-19-22-25-27-29-31-32-33-34-35-36-37-38-39-40-41-42-43-44-46-47-49-51-54-57-60-63-66-69-75(78)81-72-73(71-80-74(77)68-65-62-59-56-53-24-21-18-15-12-9-6-3)82-76(79)70-67-64-61-58-55-52-50-48-45-30-28-26-23-20-17-14-11-8-5-2/h7,10,16,18-19,21,25-28,31-32,34-35,37-38,73H,4-6,8-9,11-15,17,20,22-24,29-30,33,36,39-72H2,1-3H3/b10-7-,19-16-,21-18-,27-25-,28-26-,32-31-,35-34-,38-37-. The van der Waals surface area contributed by atoms with Gasteiger partial charge in [0.25, 0.3) is 0 Å². The molecule has 0 radical (unpaired) electrons. The second-order valence-electron chi connectivity index (χ2n) is 23.4. The van der Waals surface area contributed by atoms with Crippen molar-refractivity contribution >= 4 is 17.9 Å². The van der Waals surface area contributed by atoms with Crippen LogP contribution in [0.3, 0.4) is 0 Å². The lowest BCUT2D eigenvalue weighted by Gasteiger charge is -2.18. The summed E-state index contributed by atoms with van der Waals surface area (Å²) in [4.78, 5) is 38.4. The third kappa shape index (κ3) is 67.1. The summed E-state index contributed by atoms with van der Waals surface area (Å²) in [5.41, 5.74) is 0.